The summed E-state index contributed by atoms with van der Waals surface area (Å²) in [4.78, 5) is 1.82. The van der Waals surface area contributed by atoms with Gasteiger partial charge in [-0.2, -0.15) is 0 Å². The number of ether oxygens (including phenoxy) is 1. The summed E-state index contributed by atoms with van der Waals surface area (Å²) in [7, 11) is 0. The van der Waals surface area contributed by atoms with E-state index in [0.29, 0.717) is 12.2 Å². The third-order valence-corrected chi connectivity index (χ3v) is 4.57. The van der Waals surface area contributed by atoms with Crippen LogP contribution in [0.25, 0.3) is 0 Å². The van der Waals surface area contributed by atoms with Crippen molar-refractivity contribution in [1.82, 2.24) is 0 Å². The first-order valence-electron chi connectivity index (χ1n) is 7.19. The number of morpholine rings is 1. The Kier molecular flexibility index (Phi) is 4.26. The maximum absolute atomic E-state index is 5.83. The van der Waals surface area contributed by atoms with Gasteiger partial charge < -0.3 is 9.64 Å². The van der Waals surface area contributed by atoms with Crippen LogP contribution in [0.5, 0.6) is 0 Å². The van der Waals surface area contributed by atoms with Crippen LogP contribution >= 0.6 is 0 Å². The zero-order valence-corrected chi connectivity index (χ0v) is 11.2. The van der Waals surface area contributed by atoms with Crippen LogP contribution in [0.3, 0.4) is 0 Å². The SMILES string of the molecule is CCC1CCC([NH+]2C[C@H](C)O[C@@H](C)C2)CC1. The summed E-state index contributed by atoms with van der Waals surface area (Å²) in [5, 5.41) is 0. The summed E-state index contributed by atoms with van der Waals surface area (Å²) >= 11 is 0. The average molecular weight is 226 g/mol. The minimum absolute atomic E-state index is 0.461. The van der Waals surface area contributed by atoms with E-state index in [4.69, 9.17) is 4.74 Å². The first-order valence-corrected chi connectivity index (χ1v) is 7.19. The minimum atomic E-state index is 0.461. The fourth-order valence-electron chi connectivity index (χ4n) is 3.63. The number of nitrogens with one attached hydrogen (secondary N) is 1. The number of quaternary nitrogens is 1. The van der Waals surface area contributed by atoms with Gasteiger partial charge in [-0.1, -0.05) is 13.3 Å². The van der Waals surface area contributed by atoms with Gasteiger partial charge in [-0.3, -0.25) is 0 Å². The predicted molar refractivity (Wildman–Crippen MR) is 66.7 cm³/mol. The van der Waals surface area contributed by atoms with Crippen LogP contribution < -0.4 is 4.90 Å². The van der Waals surface area contributed by atoms with E-state index in [2.05, 4.69) is 20.8 Å². The molecule has 94 valence electrons. The zero-order chi connectivity index (χ0) is 11.5. The van der Waals surface area contributed by atoms with Gasteiger partial charge in [0.2, 0.25) is 0 Å². The molecule has 1 aliphatic heterocycles. The van der Waals surface area contributed by atoms with E-state index in [9.17, 15) is 0 Å². The zero-order valence-electron chi connectivity index (χ0n) is 11.2. The van der Waals surface area contributed by atoms with Crippen LogP contribution in [-0.4, -0.2) is 31.3 Å². The lowest BCUT2D eigenvalue weighted by molar-refractivity contribution is -0.940. The van der Waals surface area contributed by atoms with Crippen LogP contribution in [0, 0.1) is 5.92 Å². The van der Waals surface area contributed by atoms with Crippen molar-refractivity contribution in [3.63, 3.8) is 0 Å². The molecule has 1 saturated carbocycles. The normalized spacial score (nSPS) is 45.6. The van der Waals surface area contributed by atoms with E-state index in [1.165, 1.54) is 45.2 Å². The van der Waals surface area contributed by atoms with Gasteiger partial charge in [-0.05, 0) is 45.4 Å². The second-order valence-corrected chi connectivity index (χ2v) is 5.95. The fourth-order valence-corrected chi connectivity index (χ4v) is 3.63. The Bertz CT molecular complexity index is 201. The van der Waals surface area contributed by atoms with Crippen molar-refractivity contribution in [2.24, 2.45) is 5.92 Å². The van der Waals surface area contributed by atoms with Crippen molar-refractivity contribution in [2.75, 3.05) is 13.1 Å². The molecule has 1 heterocycles. The summed E-state index contributed by atoms with van der Waals surface area (Å²) in [5.41, 5.74) is 0. The van der Waals surface area contributed by atoms with Gasteiger partial charge >= 0.3 is 0 Å². The van der Waals surface area contributed by atoms with Crippen LogP contribution in [0.2, 0.25) is 0 Å². The van der Waals surface area contributed by atoms with E-state index in [-0.39, 0.29) is 0 Å². The third kappa shape index (κ3) is 2.98. The number of rotatable bonds is 2. The summed E-state index contributed by atoms with van der Waals surface area (Å²) in [6, 6.07) is 0.927. The van der Waals surface area contributed by atoms with E-state index < -0.39 is 0 Å². The third-order valence-electron chi connectivity index (χ3n) is 4.57. The Labute approximate surface area is 100 Å². The molecule has 1 saturated heterocycles. The van der Waals surface area contributed by atoms with Crippen LogP contribution in [0.4, 0.5) is 0 Å². The van der Waals surface area contributed by atoms with E-state index in [0.717, 1.165) is 12.0 Å². The molecule has 0 aromatic heterocycles. The van der Waals surface area contributed by atoms with Gasteiger partial charge in [-0.25, -0.2) is 0 Å². The fraction of sp³-hybridized carbons (Fsp3) is 1.00. The first-order chi connectivity index (χ1) is 7.69. The molecule has 2 nitrogen and oxygen atoms in total. The van der Waals surface area contributed by atoms with Gasteiger partial charge in [0, 0.05) is 0 Å². The molecule has 0 amide bonds. The molecule has 16 heavy (non-hydrogen) atoms. The molecule has 2 aliphatic rings. The predicted octanol–water partition coefficient (Wildman–Crippen LogP) is 1.65. The van der Waals surface area contributed by atoms with Crippen molar-refractivity contribution >= 4 is 0 Å². The van der Waals surface area contributed by atoms with Crippen molar-refractivity contribution < 1.29 is 9.64 Å². The van der Waals surface area contributed by atoms with Crippen LogP contribution in [0.1, 0.15) is 52.9 Å². The molecule has 1 N–H and O–H groups in total. The molecule has 0 unspecified atom stereocenters. The summed E-state index contributed by atoms with van der Waals surface area (Å²) in [6.07, 6.45) is 8.14. The molecular formula is C14H28NO+. The lowest BCUT2D eigenvalue weighted by atomic mass is 9.83. The van der Waals surface area contributed by atoms with Gasteiger partial charge in [0.25, 0.3) is 0 Å². The van der Waals surface area contributed by atoms with Crippen molar-refractivity contribution in [1.29, 1.82) is 0 Å². The summed E-state index contributed by atoms with van der Waals surface area (Å²) < 4.78 is 5.83. The van der Waals surface area contributed by atoms with Crippen molar-refractivity contribution in [3.8, 4) is 0 Å². The van der Waals surface area contributed by atoms with Crippen molar-refractivity contribution in [2.45, 2.75) is 71.1 Å². The number of hydrogen-bond acceptors (Lipinski definition) is 1. The topological polar surface area (TPSA) is 13.7 Å². The Morgan fingerprint density at radius 2 is 1.56 bits per heavy atom. The highest BCUT2D eigenvalue weighted by Crippen LogP contribution is 2.25. The largest absolute Gasteiger partial charge is 0.364 e. The smallest absolute Gasteiger partial charge is 0.104 e. The molecule has 0 aromatic carbocycles. The van der Waals surface area contributed by atoms with Crippen LogP contribution in [-0.2, 0) is 4.74 Å². The Hall–Kier alpha value is -0.0800. The molecule has 2 atom stereocenters. The Morgan fingerprint density at radius 1 is 1.00 bits per heavy atom. The second-order valence-electron chi connectivity index (χ2n) is 5.95. The van der Waals surface area contributed by atoms with E-state index in [1.54, 1.807) is 0 Å². The van der Waals surface area contributed by atoms with Crippen molar-refractivity contribution in [3.05, 3.63) is 0 Å². The van der Waals surface area contributed by atoms with E-state index >= 15 is 0 Å². The highest BCUT2D eigenvalue weighted by atomic mass is 16.5. The minimum Gasteiger partial charge on any atom is -0.364 e. The molecule has 2 rings (SSSR count). The standard InChI is InChI=1S/C14H27NO/c1-4-13-5-7-14(8-6-13)15-9-11(2)16-12(3)10-15/h11-14H,4-10H2,1-3H3/p+1/t11-,12-,13?,14?/m0/s1. The van der Waals surface area contributed by atoms with Gasteiger partial charge in [0.15, 0.2) is 0 Å². The second kappa shape index (κ2) is 5.50. The molecule has 0 bridgehead atoms. The van der Waals surface area contributed by atoms with Gasteiger partial charge in [-0.15, -0.1) is 0 Å². The summed E-state index contributed by atoms with van der Waals surface area (Å²) in [6.45, 7) is 9.26. The lowest BCUT2D eigenvalue weighted by Gasteiger charge is -2.40. The molecule has 1 aliphatic carbocycles. The highest BCUT2D eigenvalue weighted by molar-refractivity contribution is 4.72. The maximum atomic E-state index is 5.83. The summed E-state index contributed by atoms with van der Waals surface area (Å²) in [5.74, 6) is 1.02. The quantitative estimate of drug-likeness (QED) is 0.756. The lowest BCUT2D eigenvalue weighted by Crippen LogP contribution is -3.19. The van der Waals surface area contributed by atoms with Gasteiger partial charge in [0.1, 0.15) is 25.3 Å². The Balaban J connectivity index is 1.83. The van der Waals surface area contributed by atoms with E-state index in [1.807, 2.05) is 4.90 Å². The first kappa shape index (κ1) is 12.4. The maximum Gasteiger partial charge on any atom is 0.104 e. The monoisotopic (exact) mass is 226 g/mol. The Morgan fingerprint density at radius 3 is 2.06 bits per heavy atom. The molecular weight excluding hydrogens is 198 g/mol. The number of hydrogen-bond donors (Lipinski definition) is 1. The average Bonchev–Trinajstić information content (AvgIpc) is 2.28. The molecule has 0 aromatic rings. The highest BCUT2D eigenvalue weighted by Gasteiger charge is 2.33. The molecule has 2 heteroatoms. The van der Waals surface area contributed by atoms with Gasteiger partial charge in [0.05, 0.1) is 6.04 Å². The molecule has 0 radical (unpaired) electrons. The molecule has 2 fully saturated rings. The molecule has 0 spiro atoms. The van der Waals surface area contributed by atoms with Crippen LogP contribution in [0.15, 0.2) is 0 Å².